The highest BCUT2D eigenvalue weighted by atomic mass is 32.2. The van der Waals surface area contributed by atoms with Crippen molar-refractivity contribution in [3.8, 4) is 0 Å². The molecule has 0 spiro atoms. The number of carbonyl (C=O) groups is 2. The second kappa shape index (κ2) is 6.35. The van der Waals surface area contributed by atoms with Gasteiger partial charge in [0.25, 0.3) is 11.6 Å². The van der Waals surface area contributed by atoms with Crippen molar-refractivity contribution in [1.82, 2.24) is 4.90 Å². The fourth-order valence-electron chi connectivity index (χ4n) is 1.72. The molecule has 1 saturated heterocycles. The van der Waals surface area contributed by atoms with Crippen molar-refractivity contribution in [3.05, 3.63) is 39.9 Å². The van der Waals surface area contributed by atoms with Crippen LogP contribution >= 0.6 is 11.8 Å². The minimum Gasteiger partial charge on any atom is -0.480 e. The van der Waals surface area contributed by atoms with Crippen LogP contribution in [0.1, 0.15) is 10.4 Å². The zero-order chi connectivity index (χ0) is 15.4. The van der Waals surface area contributed by atoms with E-state index in [1.165, 1.54) is 40.9 Å². The monoisotopic (exact) mass is 309 g/mol. The van der Waals surface area contributed by atoms with Gasteiger partial charge in [0, 0.05) is 30.0 Å². The van der Waals surface area contributed by atoms with E-state index >= 15 is 0 Å². The SMILES string of the molecule is O=C(O)CN1CCSC1=NC(=O)c1ccc([N+](=O)[O-])cc1. The molecule has 0 atom stereocenters. The lowest BCUT2D eigenvalue weighted by Crippen LogP contribution is -2.30. The van der Waals surface area contributed by atoms with E-state index in [9.17, 15) is 19.7 Å². The molecule has 9 heteroatoms. The first kappa shape index (κ1) is 15.0. The highest BCUT2D eigenvalue weighted by molar-refractivity contribution is 8.14. The number of nitro groups is 1. The molecule has 0 unspecified atom stereocenters. The number of nitrogens with zero attached hydrogens (tertiary/aromatic N) is 3. The van der Waals surface area contributed by atoms with Gasteiger partial charge in [-0.1, -0.05) is 11.8 Å². The fourth-order valence-corrected chi connectivity index (χ4v) is 2.70. The highest BCUT2D eigenvalue weighted by Crippen LogP contribution is 2.19. The largest absolute Gasteiger partial charge is 0.480 e. The van der Waals surface area contributed by atoms with Gasteiger partial charge in [-0.25, -0.2) is 0 Å². The summed E-state index contributed by atoms with van der Waals surface area (Å²) in [6.07, 6.45) is 0. The number of hydrogen-bond donors (Lipinski definition) is 1. The minimum atomic E-state index is -0.993. The van der Waals surface area contributed by atoms with Gasteiger partial charge in [0.2, 0.25) is 0 Å². The smallest absolute Gasteiger partial charge is 0.323 e. The number of benzene rings is 1. The molecule has 8 nitrogen and oxygen atoms in total. The van der Waals surface area contributed by atoms with Crippen molar-refractivity contribution in [1.29, 1.82) is 0 Å². The minimum absolute atomic E-state index is 0.109. The zero-order valence-corrected chi connectivity index (χ0v) is 11.6. The van der Waals surface area contributed by atoms with Crippen LogP contribution in [0.15, 0.2) is 29.3 Å². The Bertz CT molecular complexity index is 614. The fraction of sp³-hybridized carbons (Fsp3) is 0.250. The molecule has 21 heavy (non-hydrogen) atoms. The lowest BCUT2D eigenvalue weighted by atomic mass is 10.2. The molecule has 1 aromatic rings. The van der Waals surface area contributed by atoms with Crippen molar-refractivity contribution in [2.24, 2.45) is 4.99 Å². The van der Waals surface area contributed by atoms with Crippen molar-refractivity contribution in [2.75, 3.05) is 18.8 Å². The molecule has 0 saturated carbocycles. The Morgan fingerprint density at radius 1 is 1.38 bits per heavy atom. The van der Waals surface area contributed by atoms with E-state index in [0.717, 1.165) is 0 Å². The molecule has 1 fully saturated rings. The number of thioether (sulfide) groups is 1. The average Bonchev–Trinajstić information content (AvgIpc) is 2.85. The third-order valence-electron chi connectivity index (χ3n) is 2.71. The third-order valence-corrected chi connectivity index (χ3v) is 3.71. The van der Waals surface area contributed by atoms with Gasteiger partial charge in [-0.3, -0.25) is 19.7 Å². The molecular formula is C12H11N3O5S. The number of amides is 1. The van der Waals surface area contributed by atoms with Crippen LogP contribution in [-0.2, 0) is 4.79 Å². The Hall–Kier alpha value is -2.42. The third kappa shape index (κ3) is 3.78. The maximum absolute atomic E-state index is 12.0. The standard InChI is InChI=1S/C12H11N3O5S/c16-10(17)7-14-5-6-21-12(14)13-11(18)8-1-3-9(4-2-8)15(19)20/h1-4H,5-7H2,(H,16,17). The van der Waals surface area contributed by atoms with Crippen LogP contribution in [0, 0.1) is 10.1 Å². The molecule has 1 N–H and O–H groups in total. The molecule has 0 bridgehead atoms. The Balaban J connectivity index is 2.14. The molecule has 1 heterocycles. The maximum atomic E-state index is 12.0. The van der Waals surface area contributed by atoms with Crippen molar-refractivity contribution in [2.45, 2.75) is 0 Å². The second-order valence-corrected chi connectivity index (χ2v) is 5.23. The molecule has 2 rings (SSSR count). The molecule has 0 radical (unpaired) electrons. The summed E-state index contributed by atoms with van der Waals surface area (Å²) in [5, 5.41) is 19.7. The summed E-state index contributed by atoms with van der Waals surface area (Å²) in [7, 11) is 0. The van der Waals surface area contributed by atoms with E-state index in [4.69, 9.17) is 5.11 Å². The van der Waals surface area contributed by atoms with E-state index in [-0.39, 0.29) is 17.8 Å². The van der Waals surface area contributed by atoms with Crippen LogP contribution in [0.4, 0.5) is 5.69 Å². The predicted molar refractivity (Wildman–Crippen MR) is 76.5 cm³/mol. The summed E-state index contributed by atoms with van der Waals surface area (Å²) < 4.78 is 0. The number of carboxylic acids is 1. The number of nitro benzene ring substituents is 1. The quantitative estimate of drug-likeness (QED) is 0.657. The number of amidine groups is 1. The number of aliphatic imine (C=N–C) groups is 1. The molecular weight excluding hydrogens is 298 g/mol. The van der Waals surface area contributed by atoms with Crippen molar-refractivity contribution in [3.63, 3.8) is 0 Å². The van der Waals surface area contributed by atoms with Crippen LogP contribution < -0.4 is 0 Å². The zero-order valence-electron chi connectivity index (χ0n) is 10.8. The first-order valence-electron chi connectivity index (χ1n) is 5.94. The van der Waals surface area contributed by atoms with Gasteiger partial charge in [-0.15, -0.1) is 0 Å². The number of non-ortho nitro benzene ring substituents is 1. The van der Waals surface area contributed by atoms with Crippen LogP contribution in [0.25, 0.3) is 0 Å². The number of carbonyl (C=O) groups excluding carboxylic acids is 1. The van der Waals surface area contributed by atoms with E-state index in [1.807, 2.05) is 0 Å². The number of carboxylic acid groups (broad SMARTS) is 1. The molecule has 1 amide bonds. The predicted octanol–water partition coefficient (Wildman–Crippen LogP) is 1.22. The van der Waals surface area contributed by atoms with Gasteiger partial charge in [0.1, 0.15) is 6.54 Å². The molecule has 1 aromatic carbocycles. The van der Waals surface area contributed by atoms with Crippen molar-refractivity contribution < 1.29 is 19.6 Å². The number of hydrogen-bond acceptors (Lipinski definition) is 5. The van der Waals surface area contributed by atoms with Crippen LogP contribution in [0.5, 0.6) is 0 Å². The summed E-state index contributed by atoms with van der Waals surface area (Å²) in [6.45, 7) is 0.308. The summed E-state index contributed by atoms with van der Waals surface area (Å²) in [6, 6.07) is 5.10. The molecule has 1 aliphatic rings. The lowest BCUT2D eigenvalue weighted by Gasteiger charge is -2.14. The topological polar surface area (TPSA) is 113 Å². The van der Waals surface area contributed by atoms with E-state index in [1.54, 1.807) is 0 Å². The first-order valence-corrected chi connectivity index (χ1v) is 6.93. The number of aliphatic carboxylic acids is 1. The highest BCUT2D eigenvalue weighted by Gasteiger charge is 2.23. The van der Waals surface area contributed by atoms with Gasteiger partial charge < -0.3 is 10.0 Å². The molecule has 1 aliphatic heterocycles. The van der Waals surface area contributed by atoms with Gasteiger partial charge >= 0.3 is 5.97 Å². The Morgan fingerprint density at radius 3 is 2.62 bits per heavy atom. The number of rotatable bonds is 4. The van der Waals surface area contributed by atoms with Crippen LogP contribution in [-0.4, -0.2) is 50.8 Å². The molecule has 0 aromatic heterocycles. The summed E-state index contributed by atoms with van der Waals surface area (Å²) in [5.41, 5.74) is 0.109. The van der Waals surface area contributed by atoms with Crippen LogP contribution in [0.3, 0.4) is 0 Å². The van der Waals surface area contributed by atoms with Gasteiger partial charge in [-0.2, -0.15) is 4.99 Å². The summed E-state index contributed by atoms with van der Waals surface area (Å²) in [5.74, 6) is -0.877. The van der Waals surface area contributed by atoms with Gasteiger partial charge in [-0.05, 0) is 12.1 Å². The maximum Gasteiger partial charge on any atom is 0.323 e. The van der Waals surface area contributed by atoms with E-state index < -0.39 is 16.8 Å². The Kier molecular flexibility index (Phi) is 4.53. The van der Waals surface area contributed by atoms with Gasteiger partial charge in [0.15, 0.2) is 5.17 Å². The molecule has 0 aliphatic carbocycles. The Morgan fingerprint density at radius 2 is 2.05 bits per heavy atom. The summed E-state index contributed by atoms with van der Waals surface area (Å²) >= 11 is 1.31. The first-order chi connectivity index (χ1) is 9.97. The van der Waals surface area contributed by atoms with E-state index in [0.29, 0.717) is 17.5 Å². The average molecular weight is 309 g/mol. The lowest BCUT2D eigenvalue weighted by molar-refractivity contribution is -0.384. The molecule has 110 valence electrons. The second-order valence-electron chi connectivity index (χ2n) is 4.17. The summed E-state index contributed by atoms with van der Waals surface area (Å²) in [4.78, 5) is 38.1. The normalized spacial score (nSPS) is 16.2. The van der Waals surface area contributed by atoms with Crippen molar-refractivity contribution >= 4 is 34.5 Å². The van der Waals surface area contributed by atoms with Crippen LogP contribution in [0.2, 0.25) is 0 Å². The Labute approximate surface area is 123 Å². The van der Waals surface area contributed by atoms with Gasteiger partial charge in [0.05, 0.1) is 4.92 Å². The van der Waals surface area contributed by atoms with E-state index in [2.05, 4.69) is 4.99 Å².